The summed E-state index contributed by atoms with van der Waals surface area (Å²) in [6.45, 7) is 1.60. The number of rotatable bonds is 5. The van der Waals surface area contributed by atoms with E-state index in [9.17, 15) is 14.7 Å². The first-order valence-corrected chi connectivity index (χ1v) is 6.80. The van der Waals surface area contributed by atoms with Crippen LogP contribution in [0.5, 0.6) is 0 Å². The van der Waals surface area contributed by atoms with Crippen LogP contribution < -0.4 is 10.0 Å². The second-order valence-electron chi connectivity index (χ2n) is 4.87. The number of quaternary nitrogens is 1. The van der Waals surface area contributed by atoms with Gasteiger partial charge in [0.15, 0.2) is 5.78 Å². The van der Waals surface area contributed by atoms with E-state index in [2.05, 4.69) is 0 Å². The molecule has 0 amide bonds. The Labute approximate surface area is 117 Å². The van der Waals surface area contributed by atoms with Crippen molar-refractivity contribution in [1.82, 2.24) is 0 Å². The summed E-state index contributed by atoms with van der Waals surface area (Å²) in [7, 11) is 0. The van der Waals surface area contributed by atoms with Gasteiger partial charge in [-0.1, -0.05) is 11.6 Å². The molecule has 0 radical (unpaired) electrons. The number of carbonyl (C=O) groups is 2. The van der Waals surface area contributed by atoms with Crippen molar-refractivity contribution in [1.29, 1.82) is 0 Å². The zero-order valence-corrected chi connectivity index (χ0v) is 11.3. The highest BCUT2D eigenvalue weighted by atomic mass is 35.5. The quantitative estimate of drug-likeness (QED) is 0.755. The molecule has 1 saturated heterocycles. The fourth-order valence-electron chi connectivity index (χ4n) is 2.51. The van der Waals surface area contributed by atoms with Crippen LogP contribution in [0.1, 0.15) is 29.6 Å². The summed E-state index contributed by atoms with van der Waals surface area (Å²) < 4.78 is 0. The van der Waals surface area contributed by atoms with Crippen LogP contribution in [0.3, 0.4) is 0 Å². The number of hydrogen-bond acceptors (Lipinski definition) is 3. The SMILES string of the molecule is O=C(C[C@@H](C(=O)[O-])[NH+]1CCCC1)c1ccc(Cl)cc1. The lowest BCUT2D eigenvalue weighted by Crippen LogP contribution is -3.15. The first-order chi connectivity index (χ1) is 9.08. The van der Waals surface area contributed by atoms with Crippen LogP contribution in [0.2, 0.25) is 5.02 Å². The largest absolute Gasteiger partial charge is 0.544 e. The summed E-state index contributed by atoms with van der Waals surface area (Å²) in [5.74, 6) is -1.32. The number of hydrogen-bond donors (Lipinski definition) is 1. The van der Waals surface area contributed by atoms with E-state index >= 15 is 0 Å². The van der Waals surface area contributed by atoms with Gasteiger partial charge in [-0.15, -0.1) is 0 Å². The normalized spacial score (nSPS) is 17.3. The second-order valence-corrected chi connectivity index (χ2v) is 5.31. The van der Waals surface area contributed by atoms with Gasteiger partial charge in [0.2, 0.25) is 0 Å². The minimum atomic E-state index is -1.14. The van der Waals surface area contributed by atoms with E-state index in [0.29, 0.717) is 10.6 Å². The van der Waals surface area contributed by atoms with Gasteiger partial charge in [0, 0.05) is 23.4 Å². The van der Waals surface area contributed by atoms with Gasteiger partial charge in [-0.3, -0.25) is 4.79 Å². The third-order valence-electron chi connectivity index (χ3n) is 3.58. The Balaban J connectivity index is 2.06. The fraction of sp³-hybridized carbons (Fsp3) is 0.429. The average molecular weight is 282 g/mol. The minimum Gasteiger partial charge on any atom is -0.544 e. The van der Waals surface area contributed by atoms with Crippen molar-refractivity contribution >= 4 is 23.4 Å². The lowest BCUT2D eigenvalue weighted by atomic mass is 10.0. The molecule has 102 valence electrons. The molecule has 0 spiro atoms. The van der Waals surface area contributed by atoms with Crippen molar-refractivity contribution in [3.63, 3.8) is 0 Å². The third-order valence-corrected chi connectivity index (χ3v) is 3.83. The van der Waals surface area contributed by atoms with E-state index in [4.69, 9.17) is 11.6 Å². The average Bonchev–Trinajstić information content (AvgIpc) is 2.89. The molecule has 19 heavy (non-hydrogen) atoms. The highest BCUT2D eigenvalue weighted by Gasteiger charge is 2.29. The molecule has 1 N–H and O–H groups in total. The predicted molar refractivity (Wildman–Crippen MR) is 69.1 cm³/mol. The number of likely N-dealkylation sites (tertiary alicyclic amines) is 1. The molecule has 1 aromatic rings. The molecule has 1 fully saturated rings. The van der Waals surface area contributed by atoms with Gasteiger partial charge in [-0.2, -0.15) is 0 Å². The van der Waals surface area contributed by atoms with Crippen LogP contribution in [-0.4, -0.2) is 30.9 Å². The molecule has 0 saturated carbocycles. The second kappa shape index (κ2) is 6.17. The van der Waals surface area contributed by atoms with Crippen molar-refractivity contribution in [3.8, 4) is 0 Å². The van der Waals surface area contributed by atoms with Gasteiger partial charge in [-0.05, 0) is 24.3 Å². The molecule has 1 heterocycles. The van der Waals surface area contributed by atoms with Crippen LogP contribution in [0.15, 0.2) is 24.3 Å². The number of ketones is 1. The molecule has 1 aliphatic rings. The Morgan fingerprint density at radius 2 is 1.79 bits per heavy atom. The molecule has 1 aliphatic heterocycles. The van der Waals surface area contributed by atoms with Crippen molar-refractivity contribution in [3.05, 3.63) is 34.9 Å². The van der Waals surface area contributed by atoms with E-state index in [-0.39, 0.29) is 12.2 Å². The first kappa shape index (κ1) is 14.0. The Morgan fingerprint density at radius 1 is 1.21 bits per heavy atom. The molecule has 0 bridgehead atoms. The number of carbonyl (C=O) groups excluding carboxylic acids is 2. The van der Waals surface area contributed by atoms with Crippen LogP contribution in [0, 0.1) is 0 Å². The standard InChI is InChI=1S/C14H16ClNO3/c15-11-5-3-10(4-6-11)13(17)9-12(14(18)19)16-7-1-2-8-16/h3-6,12H,1-2,7-9H2,(H,18,19)/t12-/m0/s1. The van der Waals surface area contributed by atoms with E-state index in [1.807, 2.05) is 0 Å². The van der Waals surface area contributed by atoms with Crippen LogP contribution in [-0.2, 0) is 4.79 Å². The number of aliphatic carboxylic acids is 1. The summed E-state index contributed by atoms with van der Waals surface area (Å²) in [5.41, 5.74) is 0.495. The summed E-state index contributed by atoms with van der Waals surface area (Å²) in [6.07, 6.45) is 2.00. The van der Waals surface area contributed by atoms with Crippen molar-refractivity contribution < 1.29 is 19.6 Å². The highest BCUT2D eigenvalue weighted by Crippen LogP contribution is 2.11. The lowest BCUT2D eigenvalue weighted by molar-refractivity contribution is -0.906. The van der Waals surface area contributed by atoms with E-state index in [1.54, 1.807) is 24.3 Å². The van der Waals surface area contributed by atoms with Crippen LogP contribution in [0.25, 0.3) is 0 Å². The fourth-order valence-corrected chi connectivity index (χ4v) is 2.64. The van der Waals surface area contributed by atoms with Crippen molar-refractivity contribution in [2.45, 2.75) is 25.3 Å². The molecule has 1 atom stereocenters. The monoisotopic (exact) mass is 281 g/mol. The topological polar surface area (TPSA) is 61.6 Å². The summed E-state index contributed by atoms with van der Waals surface area (Å²) in [6, 6.07) is 5.76. The van der Waals surface area contributed by atoms with Gasteiger partial charge < -0.3 is 14.8 Å². The van der Waals surface area contributed by atoms with Gasteiger partial charge in [0.1, 0.15) is 6.04 Å². The molecule has 5 heteroatoms. The molecule has 4 nitrogen and oxygen atoms in total. The van der Waals surface area contributed by atoms with Crippen LogP contribution >= 0.6 is 11.6 Å². The molecule has 2 rings (SSSR count). The number of nitrogens with one attached hydrogen (secondary N) is 1. The molecular formula is C14H16ClNO3. The van der Waals surface area contributed by atoms with Gasteiger partial charge in [-0.25, -0.2) is 0 Å². The summed E-state index contributed by atoms with van der Waals surface area (Å²) in [5, 5.41) is 11.8. The molecular weight excluding hydrogens is 266 g/mol. The van der Waals surface area contributed by atoms with Crippen LogP contribution in [0.4, 0.5) is 0 Å². The van der Waals surface area contributed by atoms with Crippen molar-refractivity contribution in [2.75, 3.05) is 13.1 Å². The zero-order valence-electron chi connectivity index (χ0n) is 10.5. The van der Waals surface area contributed by atoms with E-state index in [0.717, 1.165) is 30.8 Å². The minimum absolute atomic E-state index is 0.0146. The third kappa shape index (κ3) is 3.55. The number of halogens is 1. The van der Waals surface area contributed by atoms with Gasteiger partial charge in [0.25, 0.3) is 0 Å². The molecule has 1 aromatic carbocycles. The molecule has 0 aromatic heterocycles. The Kier molecular flexibility index (Phi) is 4.56. The maximum atomic E-state index is 12.1. The smallest absolute Gasteiger partial charge is 0.169 e. The summed E-state index contributed by atoms with van der Waals surface area (Å²) >= 11 is 5.76. The first-order valence-electron chi connectivity index (χ1n) is 6.42. The van der Waals surface area contributed by atoms with E-state index < -0.39 is 12.0 Å². The molecule has 0 aliphatic carbocycles. The Bertz CT molecular complexity index is 466. The Morgan fingerprint density at radius 3 is 2.32 bits per heavy atom. The van der Waals surface area contributed by atoms with Gasteiger partial charge in [0.05, 0.1) is 25.5 Å². The maximum Gasteiger partial charge on any atom is 0.169 e. The van der Waals surface area contributed by atoms with Crippen molar-refractivity contribution in [2.24, 2.45) is 0 Å². The zero-order chi connectivity index (χ0) is 13.8. The van der Waals surface area contributed by atoms with Gasteiger partial charge >= 0.3 is 0 Å². The number of carboxylic acids is 1. The Hall–Kier alpha value is -1.39. The maximum absolute atomic E-state index is 12.1. The summed E-state index contributed by atoms with van der Waals surface area (Å²) in [4.78, 5) is 24.2. The number of benzene rings is 1. The number of Topliss-reactive ketones (excluding diaryl/α,β-unsaturated/α-hetero) is 1. The highest BCUT2D eigenvalue weighted by molar-refractivity contribution is 6.30. The predicted octanol–water partition coefficient (Wildman–Crippen LogP) is -0.290. The van der Waals surface area contributed by atoms with E-state index in [1.165, 1.54) is 0 Å². The lowest BCUT2D eigenvalue weighted by Gasteiger charge is -2.24. The molecule has 0 unspecified atom stereocenters. The number of carboxylic acid groups (broad SMARTS) is 1.